The molecular formula is C9H13NO5S2. The van der Waals surface area contributed by atoms with Gasteiger partial charge in [0.05, 0.1) is 12.4 Å². The smallest absolute Gasteiger partial charge is 0.346 e. The summed E-state index contributed by atoms with van der Waals surface area (Å²) < 4.78 is 30.0. The summed E-state index contributed by atoms with van der Waals surface area (Å²) in [6.07, 6.45) is 0. The second-order valence-corrected chi connectivity index (χ2v) is 6.24. The fourth-order valence-corrected chi connectivity index (χ4v) is 3.31. The predicted octanol–water partition coefficient (Wildman–Crippen LogP) is 1.14. The van der Waals surface area contributed by atoms with Crippen molar-refractivity contribution in [1.82, 2.24) is 0 Å². The summed E-state index contributed by atoms with van der Waals surface area (Å²) in [6, 6.07) is 1.50. The van der Waals surface area contributed by atoms with E-state index in [1.165, 1.54) is 13.2 Å². The van der Waals surface area contributed by atoms with Gasteiger partial charge in [-0.2, -0.15) is 0 Å². The summed E-state index contributed by atoms with van der Waals surface area (Å²) in [5, 5.41) is 9.13. The molecule has 8 heteroatoms. The summed E-state index contributed by atoms with van der Waals surface area (Å²) >= 11 is 0.897. The van der Waals surface area contributed by atoms with Crippen molar-refractivity contribution >= 4 is 32.3 Å². The van der Waals surface area contributed by atoms with Gasteiger partial charge in [-0.25, -0.2) is 13.2 Å². The Hall–Kier alpha value is -1.12. The monoisotopic (exact) mass is 279 g/mol. The molecule has 0 bridgehead atoms. The minimum absolute atomic E-state index is 0.0888. The highest BCUT2D eigenvalue weighted by Gasteiger charge is 2.16. The molecule has 1 aromatic heterocycles. The molecule has 0 atom stereocenters. The van der Waals surface area contributed by atoms with Crippen LogP contribution in [-0.4, -0.2) is 39.0 Å². The van der Waals surface area contributed by atoms with Gasteiger partial charge in [0.15, 0.2) is 0 Å². The molecule has 0 fully saturated rings. The predicted molar refractivity (Wildman–Crippen MR) is 65.3 cm³/mol. The van der Waals surface area contributed by atoms with Crippen LogP contribution in [0.4, 0.5) is 5.00 Å². The SMILES string of the molecule is COCCS(=O)(=O)Nc1cc(C)c(C(=O)O)s1. The van der Waals surface area contributed by atoms with Crippen LogP contribution in [0.1, 0.15) is 15.2 Å². The van der Waals surface area contributed by atoms with Crippen molar-refractivity contribution in [3.63, 3.8) is 0 Å². The second-order valence-electron chi connectivity index (χ2n) is 3.34. The number of carboxylic acids is 1. The van der Waals surface area contributed by atoms with Gasteiger partial charge in [-0.1, -0.05) is 0 Å². The molecule has 0 aliphatic carbocycles. The third kappa shape index (κ3) is 3.99. The van der Waals surface area contributed by atoms with Crippen LogP contribution in [0.15, 0.2) is 6.07 Å². The summed E-state index contributed by atoms with van der Waals surface area (Å²) in [4.78, 5) is 10.9. The van der Waals surface area contributed by atoms with Crippen molar-refractivity contribution in [3.8, 4) is 0 Å². The molecule has 0 radical (unpaired) electrons. The molecule has 1 rings (SSSR count). The quantitative estimate of drug-likeness (QED) is 0.814. The standard InChI is InChI=1S/C9H13NO5S2/c1-6-5-7(16-8(6)9(11)12)10-17(13,14)4-3-15-2/h5,10H,3-4H2,1-2H3,(H,11,12). The zero-order valence-corrected chi connectivity index (χ0v) is 11.0. The Morgan fingerprint density at radius 2 is 2.24 bits per heavy atom. The number of carboxylic acid groups (broad SMARTS) is 1. The maximum Gasteiger partial charge on any atom is 0.346 e. The van der Waals surface area contributed by atoms with Crippen molar-refractivity contribution in [2.24, 2.45) is 0 Å². The minimum Gasteiger partial charge on any atom is -0.477 e. The van der Waals surface area contributed by atoms with Crippen LogP contribution < -0.4 is 4.72 Å². The second kappa shape index (κ2) is 5.48. The van der Waals surface area contributed by atoms with Crippen LogP contribution in [0, 0.1) is 6.92 Å². The van der Waals surface area contributed by atoms with E-state index in [1.807, 2.05) is 0 Å². The Kier molecular flexibility index (Phi) is 4.49. The molecule has 0 unspecified atom stereocenters. The lowest BCUT2D eigenvalue weighted by molar-refractivity contribution is 0.0701. The number of aromatic carboxylic acids is 1. The van der Waals surface area contributed by atoms with Gasteiger partial charge in [-0.3, -0.25) is 4.72 Å². The first-order chi connectivity index (χ1) is 7.85. The fourth-order valence-electron chi connectivity index (χ4n) is 1.14. The number of anilines is 1. The van der Waals surface area contributed by atoms with Crippen LogP contribution in [0.25, 0.3) is 0 Å². The van der Waals surface area contributed by atoms with Crippen molar-refractivity contribution < 1.29 is 23.1 Å². The summed E-state index contributed by atoms with van der Waals surface area (Å²) in [6.45, 7) is 1.71. The third-order valence-electron chi connectivity index (χ3n) is 1.92. The van der Waals surface area contributed by atoms with E-state index in [2.05, 4.69) is 9.46 Å². The molecule has 0 saturated heterocycles. The first-order valence-corrected chi connectivity index (χ1v) is 7.16. The highest BCUT2D eigenvalue weighted by atomic mass is 32.2. The van der Waals surface area contributed by atoms with Gasteiger partial charge in [0.2, 0.25) is 10.0 Å². The number of aryl methyl sites for hydroxylation is 1. The summed E-state index contributed by atoms with van der Waals surface area (Å²) in [5.74, 6) is -1.22. The van der Waals surface area contributed by atoms with Crippen molar-refractivity contribution in [1.29, 1.82) is 0 Å². The lowest BCUT2D eigenvalue weighted by Crippen LogP contribution is -2.19. The normalized spacial score (nSPS) is 11.4. The van der Waals surface area contributed by atoms with E-state index in [4.69, 9.17) is 5.11 Å². The first-order valence-electron chi connectivity index (χ1n) is 4.69. The molecule has 96 valence electrons. The molecule has 0 aliphatic rings. The fraction of sp³-hybridized carbons (Fsp3) is 0.444. The zero-order chi connectivity index (χ0) is 13.1. The Morgan fingerprint density at radius 1 is 1.59 bits per heavy atom. The number of sulfonamides is 1. The van der Waals surface area contributed by atoms with Gasteiger partial charge < -0.3 is 9.84 Å². The summed E-state index contributed by atoms with van der Waals surface area (Å²) in [5.41, 5.74) is 0.534. The van der Waals surface area contributed by atoms with Crippen LogP contribution in [0.2, 0.25) is 0 Å². The van der Waals surface area contributed by atoms with Crippen molar-refractivity contribution in [2.75, 3.05) is 24.2 Å². The maximum absolute atomic E-state index is 11.5. The van der Waals surface area contributed by atoms with Crippen LogP contribution in [-0.2, 0) is 14.8 Å². The molecule has 1 heterocycles. The van der Waals surface area contributed by atoms with Gasteiger partial charge >= 0.3 is 5.97 Å². The van der Waals surface area contributed by atoms with E-state index in [0.29, 0.717) is 10.6 Å². The maximum atomic E-state index is 11.5. The molecular weight excluding hydrogens is 266 g/mol. The van der Waals surface area contributed by atoms with E-state index in [1.54, 1.807) is 6.92 Å². The number of hydrogen-bond acceptors (Lipinski definition) is 5. The van der Waals surface area contributed by atoms with Crippen molar-refractivity contribution in [2.45, 2.75) is 6.92 Å². The van der Waals surface area contributed by atoms with Gasteiger partial charge in [0.25, 0.3) is 0 Å². The molecule has 2 N–H and O–H groups in total. The topological polar surface area (TPSA) is 92.7 Å². The molecule has 0 aromatic carbocycles. The number of thiophene rings is 1. The van der Waals surface area contributed by atoms with E-state index < -0.39 is 16.0 Å². The van der Waals surface area contributed by atoms with E-state index >= 15 is 0 Å². The first kappa shape index (κ1) is 13.9. The van der Waals surface area contributed by atoms with E-state index in [-0.39, 0.29) is 17.2 Å². The minimum atomic E-state index is -3.48. The Morgan fingerprint density at radius 3 is 2.71 bits per heavy atom. The number of rotatable bonds is 6. The van der Waals surface area contributed by atoms with Crippen LogP contribution in [0.5, 0.6) is 0 Å². The zero-order valence-electron chi connectivity index (χ0n) is 9.39. The Balaban J connectivity index is 2.82. The lowest BCUT2D eigenvalue weighted by Gasteiger charge is -2.04. The van der Waals surface area contributed by atoms with Gasteiger partial charge in [-0.15, -0.1) is 11.3 Å². The number of hydrogen-bond donors (Lipinski definition) is 2. The molecule has 0 saturated carbocycles. The van der Waals surface area contributed by atoms with Gasteiger partial charge in [-0.05, 0) is 18.6 Å². The van der Waals surface area contributed by atoms with Gasteiger partial charge in [0.1, 0.15) is 9.88 Å². The van der Waals surface area contributed by atoms with Gasteiger partial charge in [0, 0.05) is 7.11 Å². The van der Waals surface area contributed by atoms with E-state index in [9.17, 15) is 13.2 Å². The molecule has 0 amide bonds. The van der Waals surface area contributed by atoms with E-state index in [0.717, 1.165) is 11.3 Å². The largest absolute Gasteiger partial charge is 0.477 e. The number of methoxy groups -OCH3 is 1. The highest BCUT2D eigenvalue weighted by Crippen LogP contribution is 2.27. The molecule has 0 spiro atoms. The number of carbonyl (C=O) groups is 1. The number of nitrogens with one attached hydrogen (secondary N) is 1. The average molecular weight is 279 g/mol. The highest BCUT2D eigenvalue weighted by molar-refractivity contribution is 7.92. The molecule has 1 aromatic rings. The van der Waals surface area contributed by atoms with Crippen LogP contribution >= 0.6 is 11.3 Å². The molecule has 0 aliphatic heterocycles. The third-order valence-corrected chi connectivity index (χ3v) is 4.43. The Bertz CT molecular complexity index is 505. The molecule has 17 heavy (non-hydrogen) atoms. The molecule has 6 nitrogen and oxygen atoms in total. The van der Waals surface area contributed by atoms with Crippen molar-refractivity contribution in [3.05, 3.63) is 16.5 Å². The van der Waals surface area contributed by atoms with Crippen LogP contribution in [0.3, 0.4) is 0 Å². The average Bonchev–Trinajstić information content (AvgIpc) is 2.55. The summed E-state index contributed by atoms with van der Waals surface area (Å²) in [7, 11) is -2.07. The number of ether oxygens (including phenoxy) is 1. The lowest BCUT2D eigenvalue weighted by atomic mass is 10.3. The Labute approximate surface area is 103 Å².